The van der Waals surface area contributed by atoms with E-state index in [2.05, 4.69) is 16.3 Å². The van der Waals surface area contributed by atoms with Crippen molar-refractivity contribution >= 4 is 29.1 Å². The van der Waals surface area contributed by atoms with E-state index in [1.807, 2.05) is 18.2 Å². The van der Waals surface area contributed by atoms with E-state index in [0.717, 1.165) is 50.3 Å². The fourth-order valence-corrected chi connectivity index (χ4v) is 6.42. The topological polar surface area (TPSA) is 52.6 Å². The Labute approximate surface area is 206 Å². The number of carbonyl (C=O) groups is 1. The zero-order valence-electron chi connectivity index (χ0n) is 18.9. The summed E-state index contributed by atoms with van der Waals surface area (Å²) in [7, 11) is 0. The predicted octanol–water partition coefficient (Wildman–Crippen LogP) is 5.58. The molecule has 2 aliphatic carbocycles. The summed E-state index contributed by atoms with van der Waals surface area (Å²) in [6, 6.07) is 13.3. The van der Waals surface area contributed by atoms with Gasteiger partial charge in [0.2, 0.25) is 5.91 Å². The fourth-order valence-electron chi connectivity index (χ4n) is 6.10. The molecule has 0 aromatic heterocycles. The van der Waals surface area contributed by atoms with E-state index in [4.69, 9.17) is 23.2 Å². The molecule has 3 atom stereocenters. The van der Waals surface area contributed by atoms with Gasteiger partial charge in [0, 0.05) is 24.5 Å². The largest absolute Gasteiger partial charge is 0.508 e. The molecule has 0 radical (unpaired) electrons. The van der Waals surface area contributed by atoms with Crippen LogP contribution in [-0.2, 0) is 16.6 Å². The van der Waals surface area contributed by atoms with Crippen LogP contribution in [0.4, 0.5) is 0 Å². The van der Waals surface area contributed by atoms with Gasteiger partial charge in [-0.25, -0.2) is 0 Å². The summed E-state index contributed by atoms with van der Waals surface area (Å²) in [5.74, 6) is 1.80. The molecular weight excluding hydrogens is 455 g/mol. The lowest BCUT2D eigenvalue weighted by Crippen LogP contribution is -2.56. The van der Waals surface area contributed by atoms with E-state index in [1.165, 1.54) is 24.9 Å². The van der Waals surface area contributed by atoms with E-state index in [0.29, 0.717) is 28.1 Å². The number of phenols is 1. The Bertz CT molecular complexity index is 1020. The third-order valence-corrected chi connectivity index (χ3v) is 8.70. The highest BCUT2D eigenvalue weighted by Gasteiger charge is 2.48. The lowest BCUT2D eigenvalue weighted by atomic mass is 9.58. The Kier molecular flexibility index (Phi) is 6.61. The zero-order chi connectivity index (χ0) is 23.0. The van der Waals surface area contributed by atoms with Crippen molar-refractivity contribution in [1.82, 2.24) is 10.2 Å². The normalized spacial score (nSPS) is 27.7. The second kappa shape index (κ2) is 9.48. The minimum Gasteiger partial charge on any atom is -0.508 e. The first-order valence-corrected chi connectivity index (χ1v) is 12.9. The lowest BCUT2D eigenvalue weighted by molar-refractivity contribution is -0.121. The molecule has 0 spiro atoms. The lowest BCUT2D eigenvalue weighted by Gasteiger charge is -2.53. The first kappa shape index (κ1) is 23.0. The second-order valence-electron chi connectivity index (χ2n) is 10.3. The molecule has 0 unspecified atom stereocenters. The van der Waals surface area contributed by atoms with Gasteiger partial charge in [-0.15, -0.1) is 0 Å². The van der Waals surface area contributed by atoms with Crippen LogP contribution in [0.15, 0.2) is 42.5 Å². The number of nitrogens with zero attached hydrogens (tertiary/aromatic N) is 1. The quantitative estimate of drug-likeness (QED) is 0.560. The van der Waals surface area contributed by atoms with Crippen LogP contribution in [0.25, 0.3) is 0 Å². The Hall–Kier alpha value is -1.75. The smallest absolute Gasteiger partial charge is 0.224 e. The number of fused-ring (bicyclic) bond motifs is 1. The molecule has 1 amide bonds. The third-order valence-electron chi connectivity index (χ3n) is 7.96. The number of phenolic OH excluding ortho intramolecular Hbond substituents is 1. The van der Waals surface area contributed by atoms with Gasteiger partial charge in [-0.1, -0.05) is 41.4 Å². The summed E-state index contributed by atoms with van der Waals surface area (Å²) in [6.07, 6.45) is 7.14. The van der Waals surface area contributed by atoms with Gasteiger partial charge in [0.05, 0.1) is 16.5 Å². The Morgan fingerprint density at radius 1 is 1.09 bits per heavy atom. The summed E-state index contributed by atoms with van der Waals surface area (Å²) in [5.41, 5.74) is 2.09. The second-order valence-corrected chi connectivity index (χ2v) is 11.1. The molecular formula is C27H32Cl2N2O2. The molecule has 33 heavy (non-hydrogen) atoms. The van der Waals surface area contributed by atoms with Gasteiger partial charge in [-0.3, -0.25) is 4.79 Å². The Morgan fingerprint density at radius 2 is 1.94 bits per heavy atom. The fraction of sp³-hybridized carbons (Fsp3) is 0.519. The van der Waals surface area contributed by atoms with Gasteiger partial charge in [0.1, 0.15) is 5.75 Å². The standard InChI is InChI=1S/C27H32Cl2N2O2/c28-24-9-6-19(12-25(24)29)13-26(33)30-22-8-7-21-17-31(16-18-4-5-18)11-10-27(21,15-22)20-2-1-3-23(32)14-20/h1-3,6,9,12,14,18,21-22,32H,4-5,7-8,10-11,13,15-17H2,(H,30,33)/t21-,22+,27+/m1/s1. The van der Waals surface area contributed by atoms with Crippen LogP contribution in [0, 0.1) is 11.8 Å². The Balaban J connectivity index is 1.31. The molecule has 6 heteroatoms. The van der Waals surface area contributed by atoms with Crippen LogP contribution in [0.1, 0.15) is 49.7 Å². The summed E-state index contributed by atoms with van der Waals surface area (Å²) in [6.45, 7) is 3.44. The third kappa shape index (κ3) is 5.18. The van der Waals surface area contributed by atoms with Gasteiger partial charge < -0.3 is 15.3 Å². The predicted molar refractivity (Wildman–Crippen MR) is 133 cm³/mol. The van der Waals surface area contributed by atoms with Gasteiger partial charge in [0.25, 0.3) is 0 Å². The maximum absolute atomic E-state index is 12.9. The first-order chi connectivity index (χ1) is 15.9. The molecule has 2 aromatic rings. The molecule has 1 heterocycles. The summed E-state index contributed by atoms with van der Waals surface area (Å²) in [4.78, 5) is 15.5. The number of rotatable bonds is 6. The molecule has 5 rings (SSSR count). The number of benzene rings is 2. The van der Waals surface area contributed by atoms with Crippen LogP contribution >= 0.6 is 23.2 Å². The van der Waals surface area contributed by atoms with Gasteiger partial charge >= 0.3 is 0 Å². The molecule has 3 fully saturated rings. The van der Waals surface area contributed by atoms with E-state index >= 15 is 0 Å². The maximum Gasteiger partial charge on any atom is 0.224 e. The number of nitrogens with one attached hydrogen (secondary N) is 1. The zero-order valence-corrected chi connectivity index (χ0v) is 20.4. The molecule has 1 aliphatic heterocycles. The number of likely N-dealkylation sites (tertiary alicyclic amines) is 1. The molecule has 4 nitrogen and oxygen atoms in total. The number of amides is 1. The molecule has 2 saturated carbocycles. The monoisotopic (exact) mass is 486 g/mol. The van der Waals surface area contributed by atoms with Crippen molar-refractivity contribution in [1.29, 1.82) is 0 Å². The highest BCUT2D eigenvalue weighted by atomic mass is 35.5. The van der Waals surface area contributed by atoms with Gasteiger partial charge in [-0.05, 0) is 92.3 Å². The van der Waals surface area contributed by atoms with E-state index < -0.39 is 0 Å². The number of aromatic hydroxyl groups is 1. The highest BCUT2D eigenvalue weighted by molar-refractivity contribution is 6.42. The number of halogens is 2. The van der Waals surface area contributed by atoms with Crippen molar-refractivity contribution in [3.8, 4) is 5.75 Å². The average Bonchev–Trinajstić information content (AvgIpc) is 3.60. The van der Waals surface area contributed by atoms with Crippen molar-refractivity contribution in [2.24, 2.45) is 11.8 Å². The Morgan fingerprint density at radius 3 is 2.70 bits per heavy atom. The maximum atomic E-state index is 12.9. The number of hydrogen-bond acceptors (Lipinski definition) is 3. The number of hydrogen-bond donors (Lipinski definition) is 2. The van der Waals surface area contributed by atoms with Crippen LogP contribution in [-0.4, -0.2) is 41.6 Å². The van der Waals surface area contributed by atoms with Crippen LogP contribution in [0.5, 0.6) is 5.75 Å². The minimum atomic E-state index is -0.00142. The van der Waals surface area contributed by atoms with Gasteiger partial charge in [0.15, 0.2) is 0 Å². The van der Waals surface area contributed by atoms with Crippen molar-refractivity contribution < 1.29 is 9.90 Å². The molecule has 0 bridgehead atoms. The van der Waals surface area contributed by atoms with E-state index in [1.54, 1.807) is 18.2 Å². The SMILES string of the molecule is O=C(Cc1ccc(Cl)c(Cl)c1)N[C@H]1CC[C@@H]2CN(CC3CC3)CC[C@@]2(c2cccc(O)c2)C1. The number of piperidine rings is 1. The van der Waals surface area contributed by atoms with Crippen molar-refractivity contribution in [3.05, 3.63) is 63.6 Å². The minimum absolute atomic E-state index is 0.00142. The molecule has 2 aromatic carbocycles. The van der Waals surface area contributed by atoms with Crippen LogP contribution < -0.4 is 5.32 Å². The van der Waals surface area contributed by atoms with Crippen LogP contribution in [0.2, 0.25) is 10.0 Å². The highest BCUT2D eigenvalue weighted by Crippen LogP contribution is 2.50. The summed E-state index contributed by atoms with van der Waals surface area (Å²) in [5, 5.41) is 14.5. The average molecular weight is 487 g/mol. The van der Waals surface area contributed by atoms with Crippen LogP contribution in [0.3, 0.4) is 0 Å². The summed E-state index contributed by atoms with van der Waals surface area (Å²) < 4.78 is 0. The van der Waals surface area contributed by atoms with Crippen molar-refractivity contribution in [2.45, 2.75) is 56.4 Å². The molecule has 1 saturated heterocycles. The number of carbonyl (C=O) groups excluding carboxylic acids is 1. The first-order valence-electron chi connectivity index (χ1n) is 12.2. The molecule has 2 N–H and O–H groups in total. The van der Waals surface area contributed by atoms with E-state index in [-0.39, 0.29) is 17.4 Å². The van der Waals surface area contributed by atoms with Gasteiger partial charge in [-0.2, -0.15) is 0 Å². The van der Waals surface area contributed by atoms with Crippen molar-refractivity contribution in [3.63, 3.8) is 0 Å². The van der Waals surface area contributed by atoms with E-state index in [9.17, 15) is 9.90 Å². The molecule has 176 valence electrons. The molecule has 3 aliphatic rings. The van der Waals surface area contributed by atoms with Crippen molar-refractivity contribution in [2.75, 3.05) is 19.6 Å². The summed E-state index contributed by atoms with van der Waals surface area (Å²) >= 11 is 12.1.